The van der Waals surface area contributed by atoms with Gasteiger partial charge in [0.05, 0.1) is 19.8 Å². The molecule has 0 N–H and O–H groups in total. The average Bonchev–Trinajstić information content (AvgIpc) is 2.26. The molecule has 1 rings (SSSR count). The fraction of sp³-hybridized carbons (Fsp3) is 0.364. The van der Waals surface area contributed by atoms with E-state index in [2.05, 4.69) is 15.9 Å². The number of alkyl halides is 1. The number of halogens is 1. The first-order valence-electron chi connectivity index (χ1n) is 4.45. The molecule has 4 heteroatoms. The lowest BCUT2D eigenvalue weighted by Crippen LogP contribution is -2.07. The van der Waals surface area contributed by atoms with Crippen molar-refractivity contribution in [1.82, 2.24) is 0 Å². The van der Waals surface area contributed by atoms with Crippen LogP contribution in [0.25, 0.3) is 0 Å². The molecule has 0 radical (unpaired) electrons. The first-order chi connectivity index (χ1) is 7.13. The SMILES string of the molecule is COC(=O)c1c(C)cc(OC)cc1CBr. The quantitative estimate of drug-likeness (QED) is 0.627. The maximum atomic E-state index is 11.5. The summed E-state index contributed by atoms with van der Waals surface area (Å²) in [6, 6.07) is 3.65. The van der Waals surface area contributed by atoms with Crippen LogP contribution in [0.15, 0.2) is 12.1 Å². The van der Waals surface area contributed by atoms with Crippen molar-refractivity contribution in [2.45, 2.75) is 12.3 Å². The highest BCUT2D eigenvalue weighted by atomic mass is 79.9. The van der Waals surface area contributed by atoms with Crippen LogP contribution in [0.1, 0.15) is 21.5 Å². The summed E-state index contributed by atoms with van der Waals surface area (Å²) in [5.41, 5.74) is 2.34. The van der Waals surface area contributed by atoms with Crippen LogP contribution in [0.3, 0.4) is 0 Å². The minimum Gasteiger partial charge on any atom is -0.497 e. The van der Waals surface area contributed by atoms with Crippen molar-refractivity contribution in [1.29, 1.82) is 0 Å². The Kier molecular flexibility index (Phi) is 4.15. The minimum absolute atomic E-state index is 0.315. The van der Waals surface area contributed by atoms with Crippen LogP contribution in [0.4, 0.5) is 0 Å². The van der Waals surface area contributed by atoms with Crippen molar-refractivity contribution in [3.05, 3.63) is 28.8 Å². The van der Waals surface area contributed by atoms with E-state index in [-0.39, 0.29) is 5.97 Å². The van der Waals surface area contributed by atoms with Crippen molar-refractivity contribution in [3.8, 4) is 5.75 Å². The zero-order valence-electron chi connectivity index (χ0n) is 8.96. The minimum atomic E-state index is -0.315. The van der Waals surface area contributed by atoms with Crippen LogP contribution >= 0.6 is 15.9 Å². The second-order valence-corrected chi connectivity index (χ2v) is 3.66. The van der Waals surface area contributed by atoms with Gasteiger partial charge in [-0.2, -0.15) is 0 Å². The number of hydrogen-bond acceptors (Lipinski definition) is 3. The van der Waals surface area contributed by atoms with Gasteiger partial charge in [-0.25, -0.2) is 4.79 Å². The lowest BCUT2D eigenvalue weighted by Gasteiger charge is -2.11. The van der Waals surface area contributed by atoms with Crippen molar-refractivity contribution >= 4 is 21.9 Å². The highest BCUT2D eigenvalue weighted by molar-refractivity contribution is 9.08. The molecular formula is C11H13BrO3. The Bertz CT molecular complexity index is 374. The number of carbonyl (C=O) groups is 1. The molecule has 0 aliphatic carbocycles. The number of rotatable bonds is 3. The largest absolute Gasteiger partial charge is 0.497 e. The molecule has 0 aliphatic rings. The molecule has 15 heavy (non-hydrogen) atoms. The summed E-state index contributed by atoms with van der Waals surface area (Å²) >= 11 is 3.34. The average molecular weight is 273 g/mol. The molecule has 82 valence electrons. The van der Waals surface area contributed by atoms with E-state index in [0.717, 1.165) is 16.9 Å². The lowest BCUT2D eigenvalue weighted by molar-refractivity contribution is 0.0599. The topological polar surface area (TPSA) is 35.5 Å². The number of aryl methyl sites for hydroxylation is 1. The van der Waals surface area contributed by atoms with E-state index in [4.69, 9.17) is 9.47 Å². The molecule has 0 atom stereocenters. The Hall–Kier alpha value is -1.03. The second-order valence-electron chi connectivity index (χ2n) is 3.10. The molecular weight excluding hydrogens is 260 g/mol. The Morgan fingerprint density at radius 1 is 1.40 bits per heavy atom. The highest BCUT2D eigenvalue weighted by Crippen LogP contribution is 2.24. The molecule has 0 saturated carbocycles. The van der Waals surface area contributed by atoms with Crippen molar-refractivity contribution < 1.29 is 14.3 Å². The van der Waals surface area contributed by atoms with Crippen LogP contribution in [-0.2, 0) is 10.1 Å². The fourth-order valence-electron chi connectivity index (χ4n) is 1.44. The van der Waals surface area contributed by atoms with Crippen LogP contribution in [0.2, 0.25) is 0 Å². The highest BCUT2D eigenvalue weighted by Gasteiger charge is 2.15. The van der Waals surface area contributed by atoms with E-state index in [1.807, 2.05) is 19.1 Å². The van der Waals surface area contributed by atoms with Crippen LogP contribution in [0, 0.1) is 6.92 Å². The molecule has 0 aliphatic heterocycles. The van der Waals surface area contributed by atoms with Crippen molar-refractivity contribution in [3.63, 3.8) is 0 Å². The van der Waals surface area contributed by atoms with E-state index in [1.165, 1.54) is 7.11 Å². The predicted octanol–water partition coefficient (Wildman–Crippen LogP) is 2.69. The summed E-state index contributed by atoms with van der Waals surface area (Å²) < 4.78 is 9.87. The molecule has 0 amide bonds. The molecule has 0 spiro atoms. The maximum absolute atomic E-state index is 11.5. The third-order valence-electron chi connectivity index (χ3n) is 2.16. The molecule has 0 fully saturated rings. The maximum Gasteiger partial charge on any atom is 0.338 e. The Labute approximate surface area is 97.5 Å². The van der Waals surface area contributed by atoms with Gasteiger partial charge in [-0.3, -0.25) is 0 Å². The second kappa shape index (κ2) is 5.16. The summed E-state index contributed by atoms with van der Waals surface area (Å²) in [5.74, 6) is 0.430. The van der Waals surface area contributed by atoms with Gasteiger partial charge in [-0.05, 0) is 30.2 Å². The third kappa shape index (κ3) is 2.50. The molecule has 0 unspecified atom stereocenters. The van der Waals surface area contributed by atoms with Gasteiger partial charge < -0.3 is 9.47 Å². The summed E-state index contributed by atoms with van der Waals surface area (Å²) in [6.07, 6.45) is 0. The van der Waals surface area contributed by atoms with Crippen molar-refractivity contribution in [2.24, 2.45) is 0 Å². The predicted molar refractivity (Wildman–Crippen MR) is 61.7 cm³/mol. The van der Waals surface area contributed by atoms with Gasteiger partial charge >= 0.3 is 5.97 Å². The Balaban J connectivity index is 3.30. The van der Waals surface area contributed by atoms with Gasteiger partial charge in [0, 0.05) is 5.33 Å². The Morgan fingerprint density at radius 3 is 2.53 bits per heavy atom. The zero-order valence-corrected chi connectivity index (χ0v) is 10.6. The molecule has 1 aromatic rings. The zero-order chi connectivity index (χ0) is 11.4. The van der Waals surface area contributed by atoms with E-state index in [1.54, 1.807) is 7.11 Å². The third-order valence-corrected chi connectivity index (χ3v) is 2.76. The first kappa shape index (κ1) is 12.0. The van der Waals surface area contributed by atoms with E-state index < -0.39 is 0 Å². The fourth-order valence-corrected chi connectivity index (χ4v) is 1.88. The summed E-state index contributed by atoms with van der Waals surface area (Å²) in [6.45, 7) is 1.86. The van der Waals surface area contributed by atoms with Gasteiger partial charge in [0.25, 0.3) is 0 Å². The number of benzene rings is 1. The Morgan fingerprint density at radius 2 is 2.07 bits per heavy atom. The van der Waals surface area contributed by atoms with E-state index in [9.17, 15) is 4.79 Å². The monoisotopic (exact) mass is 272 g/mol. The van der Waals surface area contributed by atoms with Gasteiger partial charge in [-0.15, -0.1) is 0 Å². The summed E-state index contributed by atoms with van der Waals surface area (Å²) in [7, 11) is 2.98. The molecule has 0 saturated heterocycles. The van der Waals surface area contributed by atoms with Crippen molar-refractivity contribution in [2.75, 3.05) is 14.2 Å². The van der Waals surface area contributed by atoms with Crippen LogP contribution in [-0.4, -0.2) is 20.2 Å². The van der Waals surface area contributed by atoms with E-state index >= 15 is 0 Å². The summed E-state index contributed by atoms with van der Waals surface area (Å²) in [4.78, 5) is 11.5. The van der Waals surface area contributed by atoms with Crippen LogP contribution < -0.4 is 4.74 Å². The lowest BCUT2D eigenvalue weighted by atomic mass is 10.0. The number of carbonyl (C=O) groups excluding carboxylic acids is 1. The van der Waals surface area contributed by atoms with Gasteiger partial charge in [0.15, 0.2) is 0 Å². The number of esters is 1. The molecule has 0 aromatic heterocycles. The normalized spacial score (nSPS) is 9.87. The molecule has 0 heterocycles. The molecule has 3 nitrogen and oxygen atoms in total. The van der Waals surface area contributed by atoms with E-state index in [0.29, 0.717) is 10.9 Å². The van der Waals surface area contributed by atoms with Gasteiger partial charge in [0.2, 0.25) is 0 Å². The first-order valence-corrected chi connectivity index (χ1v) is 5.58. The molecule has 0 bridgehead atoms. The standard InChI is InChI=1S/C11H13BrO3/c1-7-4-9(14-2)5-8(6-12)10(7)11(13)15-3/h4-5H,6H2,1-3H3. The number of hydrogen-bond donors (Lipinski definition) is 0. The number of ether oxygens (including phenoxy) is 2. The van der Waals surface area contributed by atoms with Crippen LogP contribution in [0.5, 0.6) is 5.75 Å². The smallest absolute Gasteiger partial charge is 0.338 e. The van der Waals surface area contributed by atoms with Gasteiger partial charge in [0.1, 0.15) is 5.75 Å². The number of methoxy groups -OCH3 is 2. The summed E-state index contributed by atoms with van der Waals surface area (Å²) in [5, 5.41) is 0.593. The van der Waals surface area contributed by atoms with Gasteiger partial charge in [-0.1, -0.05) is 15.9 Å². The molecule has 1 aromatic carbocycles.